The lowest BCUT2D eigenvalue weighted by molar-refractivity contribution is 0.00825. The van der Waals surface area contributed by atoms with E-state index < -0.39 is 0 Å². The molecule has 0 saturated heterocycles. The minimum absolute atomic E-state index is 0.295. The molecule has 0 saturated carbocycles. The van der Waals surface area contributed by atoms with E-state index in [0.717, 1.165) is 0 Å². The fraction of sp³-hybridized carbons (Fsp3) is 0.714. The fourth-order valence-corrected chi connectivity index (χ4v) is 1.13. The van der Waals surface area contributed by atoms with E-state index in [9.17, 15) is 0 Å². The number of anilines is 1. The predicted molar refractivity (Wildman–Crippen MR) is 52.9 cm³/mol. The second-order valence-corrected chi connectivity index (χ2v) is 3.82. The lowest BCUT2D eigenvalue weighted by Crippen LogP contribution is -2.29. The van der Waals surface area contributed by atoms with Gasteiger partial charge in [0.2, 0.25) is 5.95 Å². The molecule has 6 heteroatoms. The van der Waals surface area contributed by atoms with E-state index in [4.69, 9.17) is 22.7 Å². The van der Waals surface area contributed by atoms with Crippen LogP contribution in [0.3, 0.4) is 0 Å². The summed E-state index contributed by atoms with van der Waals surface area (Å²) in [6.45, 7) is 4.51. The number of methoxy groups -OCH3 is 1. The van der Waals surface area contributed by atoms with Gasteiger partial charge in [0.15, 0.2) is 4.77 Å². The number of aromatic nitrogens is 3. The zero-order chi connectivity index (χ0) is 10.1. The summed E-state index contributed by atoms with van der Waals surface area (Å²) in [6, 6.07) is 0. The number of nitrogens with two attached hydrogens (primary N) is 1. The molecule has 0 radical (unpaired) electrons. The van der Waals surface area contributed by atoms with Crippen molar-refractivity contribution >= 4 is 18.2 Å². The number of hydrogen-bond acceptors (Lipinski definition) is 4. The highest BCUT2D eigenvalue weighted by Gasteiger charge is 2.19. The third-order valence-electron chi connectivity index (χ3n) is 1.88. The van der Waals surface area contributed by atoms with Gasteiger partial charge in [-0.3, -0.25) is 4.57 Å². The van der Waals surface area contributed by atoms with E-state index in [0.29, 0.717) is 17.3 Å². The third-order valence-corrected chi connectivity index (χ3v) is 2.19. The summed E-state index contributed by atoms with van der Waals surface area (Å²) in [4.78, 5) is 0. The Labute approximate surface area is 81.9 Å². The van der Waals surface area contributed by atoms with E-state index in [1.165, 1.54) is 0 Å². The zero-order valence-electron chi connectivity index (χ0n) is 8.00. The maximum atomic E-state index is 5.60. The standard InChI is InChI=1S/C7H14N4OS/c1-7(2,12-3)4-11-5(8)9-10-6(11)13/h4H2,1-3H3,(H2,8,9)(H,10,13). The minimum atomic E-state index is -0.295. The maximum Gasteiger partial charge on any atom is 0.220 e. The summed E-state index contributed by atoms with van der Waals surface area (Å²) in [5, 5.41) is 6.42. The first-order chi connectivity index (χ1) is 5.96. The largest absolute Gasteiger partial charge is 0.377 e. The van der Waals surface area contributed by atoms with Gasteiger partial charge in [-0.15, -0.1) is 5.10 Å². The normalized spacial score (nSPS) is 11.9. The SMILES string of the molecule is COC(C)(C)Cn1c(N)n[nH]c1=S. The molecular weight excluding hydrogens is 188 g/mol. The number of rotatable bonds is 3. The highest BCUT2D eigenvalue weighted by Crippen LogP contribution is 2.13. The summed E-state index contributed by atoms with van der Waals surface area (Å²) in [5.41, 5.74) is 5.31. The van der Waals surface area contributed by atoms with Crippen molar-refractivity contribution in [3.63, 3.8) is 0 Å². The van der Waals surface area contributed by atoms with E-state index in [-0.39, 0.29) is 5.60 Å². The molecule has 0 fully saturated rings. The summed E-state index contributed by atoms with van der Waals surface area (Å²) in [5.74, 6) is 0.384. The van der Waals surface area contributed by atoms with Crippen molar-refractivity contribution in [3.8, 4) is 0 Å². The first-order valence-corrected chi connectivity index (χ1v) is 4.33. The Bertz CT molecular complexity index is 341. The highest BCUT2D eigenvalue weighted by molar-refractivity contribution is 7.71. The highest BCUT2D eigenvalue weighted by atomic mass is 32.1. The molecule has 0 amide bonds. The second-order valence-electron chi connectivity index (χ2n) is 3.44. The number of hydrogen-bond donors (Lipinski definition) is 2. The molecule has 0 atom stereocenters. The average molecular weight is 202 g/mol. The third kappa shape index (κ3) is 2.28. The Hall–Kier alpha value is -0.880. The lowest BCUT2D eigenvalue weighted by Gasteiger charge is -2.23. The monoisotopic (exact) mass is 202 g/mol. The molecule has 0 aliphatic heterocycles. The fourth-order valence-electron chi connectivity index (χ4n) is 0.928. The molecule has 1 rings (SSSR count). The van der Waals surface area contributed by atoms with Crippen molar-refractivity contribution in [1.82, 2.24) is 14.8 Å². The van der Waals surface area contributed by atoms with Gasteiger partial charge < -0.3 is 10.5 Å². The summed E-state index contributed by atoms with van der Waals surface area (Å²) in [7, 11) is 1.65. The van der Waals surface area contributed by atoms with Crippen LogP contribution in [0.15, 0.2) is 0 Å². The summed E-state index contributed by atoms with van der Waals surface area (Å²) >= 11 is 5.00. The van der Waals surface area contributed by atoms with Crippen LogP contribution in [-0.4, -0.2) is 27.5 Å². The number of ether oxygens (including phenoxy) is 1. The molecule has 0 aliphatic rings. The van der Waals surface area contributed by atoms with Gasteiger partial charge >= 0.3 is 0 Å². The van der Waals surface area contributed by atoms with Gasteiger partial charge in [0.25, 0.3) is 0 Å². The van der Waals surface area contributed by atoms with Crippen molar-refractivity contribution < 1.29 is 4.74 Å². The van der Waals surface area contributed by atoms with Crippen molar-refractivity contribution in [2.24, 2.45) is 0 Å². The molecule has 74 valence electrons. The lowest BCUT2D eigenvalue weighted by atomic mass is 10.1. The molecule has 0 unspecified atom stereocenters. The summed E-state index contributed by atoms with van der Waals surface area (Å²) < 4.78 is 7.48. The van der Waals surface area contributed by atoms with Gasteiger partial charge in [-0.25, -0.2) is 5.10 Å². The van der Waals surface area contributed by atoms with Crippen LogP contribution in [0.1, 0.15) is 13.8 Å². The van der Waals surface area contributed by atoms with Crippen LogP contribution >= 0.6 is 12.2 Å². The average Bonchev–Trinajstić information content (AvgIpc) is 2.36. The zero-order valence-corrected chi connectivity index (χ0v) is 8.81. The van der Waals surface area contributed by atoms with Crippen molar-refractivity contribution in [2.75, 3.05) is 12.8 Å². The molecule has 0 aliphatic carbocycles. The quantitative estimate of drug-likeness (QED) is 0.716. The number of nitrogens with one attached hydrogen (secondary N) is 1. The van der Waals surface area contributed by atoms with Crippen LogP contribution < -0.4 is 5.73 Å². The number of aromatic amines is 1. The molecule has 5 nitrogen and oxygen atoms in total. The second kappa shape index (κ2) is 3.47. The minimum Gasteiger partial charge on any atom is -0.377 e. The van der Waals surface area contributed by atoms with Gasteiger partial charge in [-0.1, -0.05) is 0 Å². The summed E-state index contributed by atoms with van der Waals surface area (Å²) in [6.07, 6.45) is 0. The van der Waals surface area contributed by atoms with Crippen LogP contribution in [0, 0.1) is 4.77 Å². The molecule has 0 spiro atoms. The topological polar surface area (TPSA) is 68.9 Å². The predicted octanol–water partition coefficient (Wildman–Crippen LogP) is 0.948. The number of nitrogens with zero attached hydrogens (tertiary/aromatic N) is 2. The van der Waals surface area contributed by atoms with E-state index >= 15 is 0 Å². The van der Waals surface area contributed by atoms with Crippen LogP contribution in [0.4, 0.5) is 5.95 Å². The van der Waals surface area contributed by atoms with E-state index in [1.807, 2.05) is 13.8 Å². The maximum absolute atomic E-state index is 5.60. The molecule has 0 aromatic carbocycles. The molecule has 13 heavy (non-hydrogen) atoms. The molecule has 3 N–H and O–H groups in total. The Balaban J connectivity index is 2.92. The van der Waals surface area contributed by atoms with Gasteiger partial charge in [-0.05, 0) is 26.1 Å². The van der Waals surface area contributed by atoms with E-state index in [1.54, 1.807) is 11.7 Å². The van der Waals surface area contributed by atoms with Crippen molar-refractivity contribution in [2.45, 2.75) is 26.0 Å². The van der Waals surface area contributed by atoms with Crippen LogP contribution in [0.25, 0.3) is 0 Å². The molecule has 1 aromatic heterocycles. The molecule has 1 aromatic rings. The Kier molecular flexibility index (Phi) is 2.72. The molecule has 1 heterocycles. The first-order valence-electron chi connectivity index (χ1n) is 3.92. The van der Waals surface area contributed by atoms with Gasteiger partial charge in [-0.2, -0.15) is 0 Å². The smallest absolute Gasteiger partial charge is 0.220 e. The Morgan fingerprint density at radius 3 is 2.69 bits per heavy atom. The molecule has 0 bridgehead atoms. The van der Waals surface area contributed by atoms with Gasteiger partial charge in [0.05, 0.1) is 12.1 Å². The van der Waals surface area contributed by atoms with Crippen molar-refractivity contribution in [1.29, 1.82) is 0 Å². The van der Waals surface area contributed by atoms with Crippen LogP contribution in [0.2, 0.25) is 0 Å². The number of H-pyrrole nitrogens is 1. The van der Waals surface area contributed by atoms with E-state index in [2.05, 4.69) is 10.2 Å². The molecular formula is C7H14N4OS. The number of nitrogen functional groups attached to an aromatic ring is 1. The van der Waals surface area contributed by atoms with Gasteiger partial charge in [0.1, 0.15) is 0 Å². The van der Waals surface area contributed by atoms with Crippen molar-refractivity contribution in [3.05, 3.63) is 4.77 Å². The Morgan fingerprint density at radius 2 is 2.31 bits per heavy atom. The Morgan fingerprint density at radius 1 is 1.69 bits per heavy atom. The van der Waals surface area contributed by atoms with Crippen LogP contribution in [0.5, 0.6) is 0 Å². The first kappa shape index (κ1) is 10.2. The van der Waals surface area contributed by atoms with Crippen LogP contribution in [-0.2, 0) is 11.3 Å². The van der Waals surface area contributed by atoms with Gasteiger partial charge in [0, 0.05) is 7.11 Å².